The zero-order valence-corrected chi connectivity index (χ0v) is 12.8. The quantitative estimate of drug-likeness (QED) is 0.918. The van der Waals surface area contributed by atoms with Crippen LogP contribution in [0.1, 0.15) is 38.2 Å². The molecule has 2 N–H and O–H groups in total. The van der Waals surface area contributed by atoms with Crippen LogP contribution in [0.3, 0.4) is 0 Å². The molecule has 1 aromatic rings. The summed E-state index contributed by atoms with van der Waals surface area (Å²) < 4.78 is 6.43. The summed E-state index contributed by atoms with van der Waals surface area (Å²) in [6, 6.07) is 6.12. The molecule has 18 heavy (non-hydrogen) atoms. The summed E-state index contributed by atoms with van der Waals surface area (Å²) in [6.07, 6.45) is 5.86. The van der Waals surface area contributed by atoms with Crippen molar-refractivity contribution in [3.05, 3.63) is 28.2 Å². The lowest BCUT2D eigenvalue weighted by atomic mass is 9.71. The van der Waals surface area contributed by atoms with E-state index in [2.05, 4.69) is 28.9 Å². The van der Waals surface area contributed by atoms with Crippen LogP contribution in [-0.2, 0) is 6.42 Å². The molecule has 2 rings (SSSR count). The van der Waals surface area contributed by atoms with E-state index in [1.165, 1.54) is 24.8 Å². The third-order valence-corrected chi connectivity index (χ3v) is 5.06. The van der Waals surface area contributed by atoms with Crippen LogP contribution in [0, 0.1) is 5.92 Å². The minimum Gasteiger partial charge on any atom is -0.497 e. The molecule has 1 aliphatic rings. The SMILES string of the molecule is COc1ccc(Br)c(CC2(N)CCCCC2C)c1. The Kier molecular flexibility index (Phi) is 4.33. The van der Waals surface area contributed by atoms with Crippen molar-refractivity contribution in [2.75, 3.05) is 7.11 Å². The molecule has 0 heterocycles. The van der Waals surface area contributed by atoms with Crippen LogP contribution in [0.15, 0.2) is 22.7 Å². The lowest BCUT2D eigenvalue weighted by Crippen LogP contribution is -2.50. The molecule has 0 bridgehead atoms. The van der Waals surface area contributed by atoms with Gasteiger partial charge in [-0.2, -0.15) is 0 Å². The highest BCUT2D eigenvalue weighted by atomic mass is 79.9. The van der Waals surface area contributed by atoms with E-state index in [0.29, 0.717) is 5.92 Å². The zero-order valence-electron chi connectivity index (χ0n) is 11.2. The highest BCUT2D eigenvalue weighted by Crippen LogP contribution is 2.36. The molecule has 1 aliphatic carbocycles. The lowest BCUT2D eigenvalue weighted by molar-refractivity contribution is 0.203. The summed E-state index contributed by atoms with van der Waals surface area (Å²) in [6.45, 7) is 2.28. The van der Waals surface area contributed by atoms with E-state index >= 15 is 0 Å². The summed E-state index contributed by atoms with van der Waals surface area (Å²) in [5, 5.41) is 0. The lowest BCUT2D eigenvalue weighted by Gasteiger charge is -2.40. The molecule has 1 saturated carbocycles. The summed E-state index contributed by atoms with van der Waals surface area (Å²) in [5.74, 6) is 1.49. The number of methoxy groups -OCH3 is 1. The Labute approximate surface area is 118 Å². The molecule has 2 nitrogen and oxygen atoms in total. The van der Waals surface area contributed by atoms with Crippen LogP contribution in [0.25, 0.3) is 0 Å². The van der Waals surface area contributed by atoms with E-state index in [4.69, 9.17) is 10.5 Å². The number of nitrogens with two attached hydrogens (primary N) is 1. The molecule has 0 aliphatic heterocycles. The number of hydrogen-bond acceptors (Lipinski definition) is 2. The molecule has 1 fully saturated rings. The molecule has 2 atom stereocenters. The van der Waals surface area contributed by atoms with Crippen molar-refractivity contribution in [3.63, 3.8) is 0 Å². The van der Waals surface area contributed by atoms with Crippen molar-refractivity contribution >= 4 is 15.9 Å². The van der Waals surface area contributed by atoms with E-state index in [0.717, 1.165) is 23.1 Å². The van der Waals surface area contributed by atoms with Crippen molar-refractivity contribution in [1.29, 1.82) is 0 Å². The molecular formula is C15H22BrNO. The first kappa shape index (κ1) is 13.9. The standard InChI is InChI=1S/C15H22BrNO/c1-11-5-3-4-8-15(11,17)10-12-9-13(18-2)6-7-14(12)16/h6-7,9,11H,3-5,8,10,17H2,1-2H3. The Balaban J connectivity index is 2.21. The molecular weight excluding hydrogens is 290 g/mol. The molecule has 3 heteroatoms. The van der Waals surface area contributed by atoms with Crippen LogP contribution in [-0.4, -0.2) is 12.6 Å². The van der Waals surface area contributed by atoms with E-state index in [9.17, 15) is 0 Å². The molecule has 2 unspecified atom stereocenters. The second-order valence-corrected chi connectivity index (χ2v) is 6.37. The van der Waals surface area contributed by atoms with Crippen LogP contribution in [0.2, 0.25) is 0 Å². The second-order valence-electron chi connectivity index (χ2n) is 5.51. The fraction of sp³-hybridized carbons (Fsp3) is 0.600. The molecule has 1 aromatic carbocycles. The summed E-state index contributed by atoms with van der Waals surface area (Å²) in [5.41, 5.74) is 7.83. The Morgan fingerprint density at radius 1 is 1.44 bits per heavy atom. The van der Waals surface area contributed by atoms with E-state index in [1.54, 1.807) is 7.11 Å². The predicted molar refractivity (Wildman–Crippen MR) is 78.9 cm³/mol. The molecule has 0 spiro atoms. The van der Waals surface area contributed by atoms with Gasteiger partial charge in [-0.05, 0) is 48.9 Å². The average molecular weight is 312 g/mol. The van der Waals surface area contributed by atoms with Crippen LogP contribution >= 0.6 is 15.9 Å². The summed E-state index contributed by atoms with van der Waals surface area (Å²) in [7, 11) is 1.70. The number of ether oxygens (including phenoxy) is 1. The van der Waals surface area contributed by atoms with Gasteiger partial charge in [-0.15, -0.1) is 0 Å². The Morgan fingerprint density at radius 2 is 2.22 bits per heavy atom. The first-order chi connectivity index (χ1) is 8.55. The number of benzene rings is 1. The van der Waals surface area contributed by atoms with Crippen molar-refractivity contribution in [3.8, 4) is 5.75 Å². The van der Waals surface area contributed by atoms with Gasteiger partial charge in [-0.25, -0.2) is 0 Å². The van der Waals surface area contributed by atoms with Crippen LogP contribution in [0.4, 0.5) is 0 Å². The maximum atomic E-state index is 6.63. The average Bonchev–Trinajstić information content (AvgIpc) is 2.36. The first-order valence-corrected chi connectivity index (χ1v) is 7.46. The summed E-state index contributed by atoms with van der Waals surface area (Å²) >= 11 is 3.62. The van der Waals surface area contributed by atoms with Gasteiger partial charge in [-0.3, -0.25) is 0 Å². The van der Waals surface area contributed by atoms with Gasteiger partial charge in [0.05, 0.1) is 7.11 Å². The van der Waals surface area contributed by atoms with Gasteiger partial charge in [-0.1, -0.05) is 35.7 Å². The van der Waals surface area contributed by atoms with Gasteiger partial charge < -0.3 is 10.5 Å². The normalized spacial score (nSPS) is 28.1. The monoisotopic (exact) mass is 311 g/mol. The van der Waals surface area contributed by atoms with Gasteiger partial charge in [0, 0.05) is 10.0 Å². The predicted octanol–water partition coefficient (Wildman–Crippen LogP) is 3.91. The third kappa shape index (κ3) is 2.89. The maximum absolute atomic E-state index is 6.63. The fourth-order valence-electron chi connectivity index (χ4n) is 2.87. The highest BCUT2D eigenvalue weighted by molar-refractivity contribution is 9.10. The molecule has 0 amide bonds. The van der Waals surface area contributed by atoms with Gasteiger partial charge in [0.15, 0.2) is 0 Å². The smallest absolute Gasteiger partial charge is 0.119 e. The number of rotatable bonds is 3. The third-order valence-electron chi connectivity index (χ3n) is 4.28. The number of hydrogen-bond donors (Lipinski definition) is 1. The molecule has 0 aromatic heterocycles. The van der Waals surface area contributed by atoms with Gasteiger partial charge in [0.25, 0.3) is 0 Å². The first-order valence-electron chi connectivity index (χ1n) is 6.66. The van der Waals surface area contributed by atoms with E-state index in [1.807, 2.05) is 12.1 Å². The molecule has 100 valence electrons. The van der Waals surface area contributed by atoms with E-state index in [-0.39, 0.29) is 5.54 Å². The molecule has 0 saturated heterocycles. The largest absolute Gasteiger partial charge is 0.497 e. The van der Waals surface area contributed by atoms with Crippen LogP contribution < -0.4 is 10.5 Å². The fourth-order valence-corrected chi connectivity index (χ4v) is 3.26. The number of halogens is 1. The van der Waals surface area contributed by atoms with Crippen molar-refractivity contribution < 1.29 is 4.74 Å². The highest BCUT2D eigenvalue weighted by Gasteiger charge is 2.34. The Bertz CT molecular complexity index is 421. The minimum atomic E-state index is -0.0624. The van der Waals surface area contributed by atoms with Crippen molar-refractivity contribution in [2.45, 2.75) is 44.6 Å². The topological polar surface area (TPSA) is 35.2 Å². The molecule has 0 radical (unpaired) electrons. The van der Waals surface area contributed by atoms with Crippen molar-refractivity contribution in [2.24, 2.45) is 11.7 Å². The minimum absolute atomic E-state index is 0.0624. The van der Waals surface area contributed by atoms with Crippen LogP contribution in [0.5, 0.6) is 5.75 Å². The Hall–Kier alpha value is -0.540. The Morgan fingerprint density at radius 3 is 2.89 bits per heavy atom. The summed E-state index contributed by atoms with van der Waals surface area (Å²) in [4.78, 5) is 0. The maximum Gasteiger partial charge on any atom is 0.119 e. The van der Waals surface area contributed by atoms with Gasteiger partial charge in [0.1, 0.15) is 5.75 Å². The van der Waals surface area contributed by atoms with Gasteiger partial charge in [0.2, 0.25) is 0 Å². The van der Waals surface area contributed by atoms with E-state index < -0.39 is 0 Å². The second kappa shape index (κ2) is 5.62. The van der Waals surface area contributed by atoms with Crippen molar-refractivity contribution in [1.82, 2.24) is 0 Å². The zero-order chi connectivity index (χ0) is 13.2. The van der Waals surface area contributed by atoms with Gasteiger partial charge >= 0.3 is 0 Å².